The second-order valence-electron chi connectivity index (χ2n) is 3.79. The van der Waals surface area contributed by atoms with E-state index >= 15 is 0 Å². The minimum Gasteiger partial charge on any atom is -0.497 e. The van der Waals surface area contributed by atoms with Gasteiger partial charge in [-0.25, -0.2) is 4.79 Å². The van der Waals surface area contributed by atoms with Gasteiger partial charge in [0.15, 0.2) is 0 Å². The molecule has 2 aromatic heterocycles. The fourth-order valence-corrected chi connectivity index (χ4v) is 1.79. The lowest BCUT2D eigenvalue weighted by Gasteiger charge is -2.04. The molecule has 0 saturated carbocycles. The molecule has 1 aromatic carbocycles. The molecule has 0 spiro atoms. The zero-order valence-corrected chi connectivity index (χ0v) is 9.91. The van der Waals surface area contributed by atoms with Gasteiger partial charge in [-0.05, 0) is 18.2 Å². The second kappa shape index (κ2) is 4.13. The first kappa shape index (κ1) is 11.3. The Hall–Kier alpha value is -2.83. The molecule has 0 unspecified atom stereocenters. The average Bonchev–Trinajstić information content (AvgIpc) is 2.84. The van der Waals surface area contributed by atoms with Crippen LogP contribution in [0.4, 0.5) is 6.01 Å². The number of anilines is 1. The quantitative estimate of drug-likeness (QED) is 0.694. The van der Waals surface area contributed by atoms with E-state index in [1.54, 1.807) is 25.3 Å². The molecular formula is C12H9N3O4. The van der Waals surface area contributed by atoms with E-state index in [9.17, 15) is 4.79 Å². The fourth-order valence-electron chi connectivity index (χ4n) is 1.79. The summed E-state index contributed by atoms with van der Waals surface area (Å²) in [4.78, 5) is 11.5. The van der Waals surface area contributed by atoms with Crippen molar-refractivity contribution in [1.29, 1.82) is 0 Å². The van der Waals surface area contributed by atoms with Crippen molar-refractivity contribution >= 4 is 17.0 Å². The first-order valence-corrected chi connectivity index (χ1v) is 5.38. The third kappa shape index (κ3) is 1.90. The summed E-state index contributed by atoms with van der Waals surface area (Å²) < 4.78 is 15.4. The molecular weight excluding hydrogens is 250 g/mol. The molecule has 7 nitrogen and oxygen atoms in total. The Kier molecular flexibility index (Phi) is 2.45. The van der Waals surface area contributed by atoms with Gasteiger partial charge in [0.1, 0.15) is 11.3 Å². The van der Waals surface area contributed by atoms with Crippen LogP contribution >= 0.6 is 0 Å². The van der Waals surface area contributed by atoms with Crippen LogP contribution in [0, 0.1) is 0 Å². The van der Waals surface area contributed by atoms with E-state index in [0.717, 1.165) is 0 Å². The van der Waals surface area contributed by atoms with Gasteiger partial charge in [0, 0.05) is 11.5 Å². The first-order chi connectivity index (χ1) is 9.17. The number of rotatable bonds is 2. The van der Waals surface area contributed by atoms with Crippen LogP contribution in [0.1, 0.15) is 0 Å². The summed E-state index contributed by atoms with van der Waals surface area (Å²) in [5, 5.41) is 7.97. The molecule has 19 heavy (non-hydrogen) atoms. The molecule has 0 saturated heterocycles. The Labute approximate surface area is 106 Å². The standard InChI is InChI=1S/C12H9N3O4/c1-17-6-2-3-9-7(4-6)8(5-10(16)18-9)11-14-15-12(13)19-11/h2-5H,1H3,(H2,13,15). The number of hydrogen-bond donors (Lipinski definition) is 1. The number of nitrogen functional groups attached to an aromatic ring is 1. The summed E-state index contributed by atoms with van der Waals surface area (Å²) in [6, 6.07) is 6.25. The summed E-state index contributed by atoms with van der Waals surface area (Å²) in [6.07, 6.45) is 0. The molecule has 0 bridgehead atoms. The normalized spacial score (nSPS) is 10.8. The van der Waals surface area contributed by atoms with Gasteiger partial charge in [-0.3, -0.25) is 0 Å². The maximum Gasteiger partial charge on any atom is 0.337 e. The van der Waals surface area contributed by atoms with Crippen LogP contribution in [0.2, 0.25) is 0 Å². The number of hydrogen-bond acceptors (Lipinski definition) is 7. The van der Waals surface area contributed by atoms with Gasteiger partial charge in [0.2, 0.25) is 0 Å². The van der Waals surface area contributed by atoms with Gasteiger partial charge < -0.3 is 19.3 Å². The predicted molar refractivity (Wildman–Crippen MR) is 66.7 cm³/mol. The molecule has 0 fully saturated rings. The molecule has 0 aliphatic rings. The molecule has 2 N–H and O–H groups in total. The predicted octanol–water partition coefficient (Wildman–Crippen LogP) is 1.43. The fraction of sp³-hybridized carbons (Fsp3) is 0.0833. The van der Waals surface area contributed by atoms with Gasteiger partial charge in [-0.1, -0.05) is 5.10 Å². The van der Waals surface area contributed by atoms with E-state index in [4.69, 9.17) is 19.3 Å². The molecule has 2 heterocycles. The van der Waals surface area contributed by atoms with Crippen molar-refractivity contribution in [2.45, 2.75) is 0 Å². The third-order valence-corrected chi connectivity index (χ3v) is 2.62. The molecule has 0 atom stereocenters. The van der Waals surface area contributed by atoms with Gasteiger partial charge in [0.05, 0.1) is 12.7 Å². The highest BCUT2D eigenvalue weighted by atomic mass is 16.5. The maximum absolute atomic E-state index is 11.5. The van der Waals surface area contributed by atoms with Crippen LogP contribution in [0.3, 0.4) is 0 Å². The SMILES string of the molecule is COc1ccc2oc(=O)cc(-c3nnc(N)o3)c2c1. The Morgan fingerprint density at radius 2 is 2.05 bits per heavy atom. The van der Waals surface area contributed by atoms with Gasteiger partial charge in [-0.15, -0.1) is 5.10 Å². The molecule has 0 aliphatic carbocycles. The van der Waals surface area contributed by atoms with Crippen molar-refractivity contribution in [3.8, 4) is 17.2 Å². The summed E-state index contributed by atoms with van der Waals surface area (Å²) >= 11 is 0. The van der Waals surface area contributed by atoms with Crippen LogP contribution in [0.5, 0.6) is 5.75 Å². The Balaban J connectivity index is 2.35. The van der Waals surface area contributed by atoms with Crippen molar-refractivity contribution in [3.63, 3.8) is 0 Å². The third-order valence-electron chi connectivity index (χ3n) is 2.62. The van der Waals surface area contributed by atoms with Crippen molar-refractivity contribution < 1.29 is 13.6 Å². The number of aromatic nitrogens is 2. The smallest absolute Gasteiger partial charge is 0.337 e. The van der Waals surface area contributed by atoms with Crippen LogP contribution in [-0.4, -0.2) is 17.3 Å². The largest absolute Gasteiger partial charge is 0.497 e. The summed E-state index contributed by atoms with van der Waals surface area (Å²) in [6.45, 7) is 0. The molecule has 0 aliphatic heterocycles. The lowest BCUT2D eigenvalue weighted by Crippen LogP contribution is -1.98. The number of fused-ring (bicyclic) bond motifs is 1. The van der Waals surface area contributed by atoms with Crippen molar-refractivity contribution in [1.82, 2.24) is 10.2 Å². The van der Waals surface area contributed by atoms with Crippen molar-refractivity contribution in [2.75, 3.05) is 12.8 Å². The first-order valence-electron chi connectivity index (χ1n) is 5.38. The number of nitrogens with zero attached hydrogens (tertiary/aromatic N) is 2. The molecule has 0 amide bonds. The van der Waals surface area contributed by atoms with E-state index in [2.05, 4.69) is 10.2 Å². The second-order valence-corrected chi connectivity index (χ2v) is 3.79. The number of benzene rings is 1. The Bertz CT molecular complexity index is 806. The zero-order valence-electron chi connectivity index (χ0n) is 9.91. The topological polar surface area (TPSA) is 104 Å². The Morgan fingerprint density at radius 3 is 2.74 bits per heavy atom. The number of nitrogens with two attached hydrogens (primary N) is 1. The summed E-state index contributed by atoms with van der Waals surface area (Å²) in [5.74, 6) is 0.777. The van der Waals surface area contributed by atoms with Crippen LogP contribution in [0.15, 0.2) is 37.9 Å². The van der Waals surface area contributed by atoms with Gasteiger partial charge in [-0.2, -0.15) is 0 Å². The minimum atomic E-state index is -0.510. The lowest BCUT2D eigenvalue weighted by molar-refractivity contribution is 0.415. The van der Waals surface area contributed by atoms with Crippen molar-refractivity contribution in [3.05, 3.63) is 34.7 Å². The van der Waals surface area contributed by atoms with Crippen LogP contribution in [0.25, 0.3) is 22.4 Å². The zero-order chi connectivity index (χ0) is 13.4. The van der Waals surface area contributed by atoms with E-state index in [0.29, 0.717) is 22.3 Å². The van der Waals surface area contributed by atoms with Crippen LogP contribution in [-0.2, 0) is 0 Å². The summed E-state index contributed by atoms with van der Waals surface area (Å²) in [5.41, 5.74) is 5.73. The summed E-state index contributed by atoms with van der Waals surface area (Å²) in [7, 11) is 1.55. The molecule has 7 heteroatoms. The average molecular weight is 259 g/mol. The van der Waals surface area contributed by atoms with E-state index in [-0.39, 0.29) is 11.9 Å². The van der Waals surface area contributed by atoms with Gasteiger partial charge in [0.25, 0.3) is 5.89 Å². The molecule has 96 valence electrons. The monoisotopic (exact) mass is 259 g/mol. The number of ether oxygens (including phenoxy) is 1. The van der Waals surface area contributed by atoms with E-state index in [1.165, 1.54) is 6.07 Å². The van der Waals surface area contributed by atoms with E-state index in [1.807, 2.05) is 0 Å². The number of methoxy groups -OCH3 is 1. The van der Waals surface area contributed by atoms with Crippen LogP contribution < -0.4 is 16.1 Å². The highest BCUT2D eigenvalue weighted by Gasteiger charge is 2.14. The Morgan fingerprint density at radius 1 is 1.21 bits per heavy atom. The molecule has 3 rings (SSSR count). The highest BCUT2D eigenvalue weighted by molar-refractivity contribution is 5.91. The highest BCUT2D eigenvalue weighted by Crippen LogP contribution is 2.29. The molecule has 3 aromatic rings. The van der Waals surface area contributed by atoms with E-state index < -0.39 is 5.63 Å². The molecule has 0 radical (unpaired) electrons. The minimum absolute atomic E-state index is 0.0701. The maximum atomic E-state index is 11.5. The van der Waals surface area contributed by atoms with Gasteiger partial charge >= 0.3 is 11.6 Å². The lowest BCUT2D eigenvalue weighted by atomic mass is 10.1. The van der Waals surface area contributed by atoms with Crippen molar-refractivity contribution in [2.24, 2.45) is 0 Å².